The predicted molar refractivity (Wildman–Crippen MR) is 70.4 cm³/mol. The Morgan fingerprint density at radius 3 is 2.59 bits per heavy atom. The van der Waals surface area contributed by atoms with Gasteiger partial charge < -0.3 is 9.52 Å². The first kappa shape index (κ1) is 15.4. The van der Waals surface area contributed by atoms with Crippen LogP contribution in [-0.4, -0.2) is 11.1 Å². The largest absolute Gasteiger partial charge is 0.477 e. The Labute approximate surface area is 122 Å². The quantitative estimate of drug-likeness (QED) is 0.688. The molecular formula is C15H8F3NO3. The molecule has 2 rings (SSSR count). The van der Waals surface area contributed by atoms with Crippen molar-refractivity contribution in [3.05, 3.63) is 53.3 Å². The predicted octanol–water partition coefficient (Wildman–Crippen LogP) is 3.96. The zero-order valence-corrected chi connectivity index (χ0v) is 10.9. The summed E-state index contributed by atoms with van der Waals surface area (Å²) in [4.78, 5) is 10.7. The number of furan rings is 1. The molecule has 112 valence electrons. The van der Waals surface area contributed by atoms with Crippen molar-refractivity contribution < 1.29 is 27.5 Å². The molecule has 0 saturated heterocycles. The van der Waals surface area contributed by atoms with Crippen molar-refractivity contribution in [2.24, 2.45) is 0 Å². The third-order valence-electron chi connectivity index (χ3n) is 2.74. The molecule has 1 N–H and O–H groups in total. The number of halogens is 3. The molecule has 0 unspecified atom stereocenters. The fourth-order valence-corrected chi connectivity index (χ4v) is 1.72. The van der Waals surface area contributed by atoms with E-state index in [1.165, 1.54) is 30.3 Å². The maximum absolute atomic E-state index is 12.7. The molecule has 0 aliphatic carbocycles. The van der Waals surface area contributed by atoms with Gasteiger partial charge in [-0.1, -0.05) is 12.1 Å². The minimum Gasteiger partial charge on any atom is -0.477 e. The number of hydrogen-bond acceptors (Lipinski definition) is 3. The second-order valence-corrected chi connectivity index (χ2v) is 4.26. The van der Waals surface area contributed by atoms with Crippen molar-refractivity contribution in [3.63, 3.8) is 0 Å². The number of carboxylic acids is 1. The van der Waals surface area contributed by atoms with E-state index in [9.17, 15) is 18.0 Å². The van der Waals surface area contributed by atoms with Crippen LogP contribution < -0.4 is 0 Å². The van der Waals surface area contributed by atoms with Crippen molar-refractivity contribution in [2.75, 3.05) is 0 Å². The molecule has 0 atom stereocenters. The lowest BCUT2D eigenvalue weighted by Crippen LogP contribution is -2.04. The van der Waals surface area contributed by atoms with Crippen LogP contribution in [0.4, 0.5) is 13.2 Å². The molecular weight excluding hydrogens is 299 g/mol. The summed E-state index contributed by atoms with van der Waals surface area (Å²) in [6, 6.07) is 8.79. The van der Waals surface area contributed by atoms with Gasteiger partial charge >= 0.3 is 12.1 Å². The normalized spacial score (nSPS) is 12.0. The first-order valence-electron chi connectivity index (χ1n) is 5.94. The lowest BCUT2D eigenvalue weighted by molar-refractivity contribution is -0.137. The fourth-order valence-electron chi connectivity index (χ4n) is 1.72. The molecule has 0 amide bonds. The van der Waals surface area contributed by atoms with Crippen molar-refractivity contribution >= 4 is 12.0 Å². The van der Waals surface area contributed by atoms with Crippen LogP contribution >= 0.6 is 0 Å². The third kappa shape index (κ3) is 3.35. The first-order valence-corrected chi connectivity index (χ1v) is 5.94. The maximum atomic E-state index is 12.7. The van der Waals surface area contributed by atoms with E-state index in [1.807, 2.05) is 0 Å². The Hall–Kier alpha value is -3.01. The average molecular weight is 307 g/mol. The minimum absolute atomic E-state index is 0.0614. The lowest BCUT2D eigenvalue weighted by atomic mass is 10.1. The number of carboxylic acid groups (broad SMARTS) is 1. The summed E-state index contributed by atoms with van der Waals surface area (Å²) < 4.78 is 43.2. The summed E-state index contributed by atoms with van der Waals surface area (Å²) >= 11 is 0. The number of alkyl halides is 3. The molecule has 0 spiro atoms. The van der Waals surface area contributed by atoms with Crippen LogP contribution in [0.25, 0.3) is 17.4 Å². The number of hydrogen-bond donors (Lipinski definition) is 1. The number of nitrogens with zero attached hydrogens (tertiary/aromatic N) is 1. The van der Waals surface area contributed by atoms with Gasteiger partial charge in [-0.3, -0.25) is 0 Å². The smallest absolute Gasteiger partial charge is 0.416 e. The molecule has 22 heavy (non-hydrogen) atoms. The highest BCUT2D eigenvalue weighted by atomic mass is 19.4. The zero-order valence-electron chi connectivity index (χ0n) is 10.9. The van der Waals surface area contributed by atoms with Crippen LogP contribution in [-0.2, 0) is 11.0 Å². The van der Waals surface area contributed by atoms with E-state index >= 15 is 0 Å². The molecule has 0 aliphatic heterocycles. The minimum atomic E-state index is -4.47. The van der Waals surface area contributed by atoms with Crippen LogP contribution in [0, 0.1) is 11.3 Å². The molecule has 0 saturated carbocycles. The summed E-state index contributed by atoms with van der Waals surface area (Å²) in [6.07, 6.45) is -3.47. The van der Waals surface area contributed by atoms with Crippen LogP contribution in [0.15, 0.2) is 46.4 Å². The van der Waals surface area contributed by atoms with Crippen LogP contribution in [0.3, 0.4) is 0 Å². The van der Waals surface area contributed by atoms with Gasteiger partial charge in [-0.25, -0.2) is 4.79 Å². The number of carbonyl (C=O) groups is 1. The summed E-state index contributed by atoms with van der Waals surface area (Å²) in [7, 11) is 0. The second kappa shape index (κ2) is 5.77. The van der Waals surface area contributed by atoms with Crippen LogP contribution in [0.5, 0.6) is 0 Å². The Kier molecular flexibility index (Phi) is 4.04. The van der Waals surface area contributed by atoms with Crippen LogP contribution in [0.1, 0.15) is 11.3 Å². The Morgan fingerprint density at radius 2 is 2.00 bits per heavy atom. The molecule has 0 bridgehead atoms. The summed E-state index contributed by atoms with van der Waals surface area (Å²) in [5.74, 6) is -1.22. The summed E-state index contributed by atoms with van der Waals surface area (Å²) in [5, 5.41) is 17.4. The Morgan fingerprint density at radius 1 is 1.27 bits per heavy atom. The average Bonchev–Trinajstić information content (AvgIpc) is 2.92. The number of rotatable bonds is 3. The van der Waals surface area contributed by atoms with Gasteiger partial charge in [-0.15, -0.1) is 0 Å². The maximum Gasteiger partial charge on any atom is 0.416 e. The fraction of sp³-hybridized carbons (Fsp3) is 0.0667. The van der Waals surface area contributed by atoms with Gasteiger partial charge in [0.05, 0.1) is 5.56 Å². The molecule has 1 aromatic carbocycles. The molecule has 2 aromatic rings. The van der Waals surface area contributed by atoms with Crippen molar-refractivity contribution in [1.29, 1.82) is 5.26 Å². The molecule has 4 nitrogen and oxygen atoms in total. The topological polar surface area (TPSA) is 74.2 Å². The Balaban J connectivity index is 2.37. The van der Waals surface area contributed by atoms with Gasteiger partial charge in [0.1, 0.15) is 23.2 Å². The Bertz CT molecular complexity index is 782. The van der Waals surface area contributed by atoms with Gasteiger partial charge in [0.25, 0.3) is 0 Å². The van der Waals surface area contributed by atoms with Gasteiger partial charge in [0, 0.05) is 11.6 Å². The highest BCUT2D eigenvalue weighted by Gasteiger charge is 2.30. The highest BCUT2D eigenvalue weighted by Crippen LogP contribution is 2.32. The summed E-state index contributed by atoms with van der Waals surface area (Å²) in [5.41, 5.74) is -1.16. The van der Waals surface area contributed by atoms with Gasteiger partial charge in [-0.2, -0.15) is 18.4 Å². The first-order chi connectivity index (χ1) is 10.3. The molecule has 0 fully saturated rings. The highest BCUT2D eigenvalue weighted by molar-refractivity contribution is 5.96. The van der Waals surface area contributed by atoms with E-state index in [0.29, 0.717) is 0 Å². The SMILES string of the molecule is N#CC(=Cc1ccc(-c2cccc(C(F)(F)F)c2)o1)C(=O)O. The van der Waals surface area contributed by atoms with Gasteiger partial charge in [-0.05, 0) is 24.3 Å². The van der Waals surface area contributed by atoms with Crippen molar-refractivity contribution in [2.45, 2.75) is 6.18 Å². The number of nitriles is 1. The summed E-state index contributed by atoms with van der Waals surface area (Å²) in [6.45, 7) is 0. The second-order valence-electron chi connectivity index (χ2n) is 4.26. The van der Waals surface area contributed by atoms with Crippen molar-refractivity contribution in [1.82, 2.24) is 0 Å². The van der Waals surface area contributed by atoms with E-state index in [1.54, 1.807) is 0 Å². The van der Waals surface area contributed by atoms with E-state index in [-0.39, 0.29) is 17.1 Å². The zero-order chi connectivity index (χ0) is 16.3. The van der Waals surface area contributed by atoms with Crippen molar-refractivity contribution in [3.8, 4) is 17.4 Å². The molecule has 0 aliphatic rings. The number of benzene rings is 1. The molecule has 0 radical (unpaired) electrons. The third-order valence-corrected chi connectivity index (χ3v) is 2.74. The molecule has 1 heterocycles. The monoisotopic (exact) mass is 307 g/mol. The molecule has 7 heteroatoms. The van der Waals surface area contributed by atoms with Gasteiger partial charge in [0.15, 0.2) is 0 Å². The van der Waals surface area contributed by atoms with E-state index in [2.05, 4.69) is 0 Å². The lowest BCUT2D eigenvalue weighted by Gasteiger charge is -2.07. The van der Waals surface area contributed by atoms with Gasteiger partial charge in [0.2, 0.25) is 0 Å². The van der Waals surface area contributed by atoms with E-state index in [4.69, 9.17) is 14.8 Å². The van der Waals surface area contributed by atoms with E-state index < -0.39 is 23.3 Å². The van der Waals surface area contributed by atoms with Crippen LogP contribution in [0.2, 0.25) is 0 Å². The number of aliphatic carboxylic acids is 1. The standard InChI is InChI=1S/C15H8F3NO3/c16-15(17,18)11-3-1-2-9(6-11)13-5-4-12(22-13)7-10(8-19)14(20)21/h1-7H,(H,20,21). The molecule has 1 aromatic heterocycles. The van der Waals surface area contributed by atoms with E-state index in [0.717, 1.165) is 18.2 Å².